The Bertz CT molecular complexity index is 1010. The van der Waals surface area contributed by atoms with E-state index in [-0.39, 0.29) is 19.1 Å². The maximum absolute atomic E-state index is 12.6. The molecule has 0 saturated carbocycles. The third-order valence-electron chi connectivity index (χ3n) is 4.12. The maximum Gasteiger partial charge on any atom is 0.276 e. The minimum Gasteiger partial charge on any atom is -0.384 e. The van der Waals surface area contributed by atoms with Crippen LogP contribution in [-0.2, 0) is 18.0 Å². The fraction of sp³-hybridized carbons (Fsp3) is 0.130. The summed E-state index contributed by atoms with van der Waals surface area (Å²) in [5, 5.41) is 12.1. The molecule has 0 spiro atoms. The van der Waals surface area contributed by atoms with Crippen molar-refractivity contribution in [3.63, 3.8) is 0 Å². The van der Waals surface area contributed by atoms with Crippen molar-refractivity contribution < 1.29 is 14.7 Å². The van der Waals surface area contributed by atoms with Gasteiger partial charge in [0.2, 0.25) is 0 Å². The zero-order valence-corrected chi connectivity index (χ0v) is 15.8. The molecule has 0 radical (unpaired) electrons. The third kappa shape index (κ3) is 5.91. The van der Waals surface area contributed by atoms with Crippen molar-refractivity contribution in [1.82, 2.24) is 10.5 Å². The van der Waals surface area contributed by atoms with Crippen molar-refractivity contribution in [2.45, 2.75) is 13.2 Å². The van der Waals surface area contributed by atoms with E-state index < -0.39 is 0 Å². The molecule has 0 saturated heterocycles. The molecule has 0 bridgehead atoms. The third-order valence-corrected chi connectivity index (χ3v) is 4.12. The molecule has 6 heteroatoms. The summed E-state index contributed by atoms with van der Waals surface area (Å²) in [5.41, 5.74) is 6.30. The number of carbonyl (C=O) groups is 1. The second-order valence-corrected chi connectivity index (χ2v) is 6.09. The fourth-order valence-electron chi connectivity index (χ4n) is 2.67. The first kappa shape index (κ1) is 20.1. The highest BCUT2D eigenvalue weighted by Crippen LogP contribution is 2.16. The minimum atomic E-state index is -0.346. The van der Waals surface area contributed by atoms with Crippen LogP contribution in [-0.4, -0.2) is 22.6 Å². The number of aliphatic hydroxyl groups excluding tert-OH is 1. The Hall–Kier alpha value is -3.66. The van der Waals surface area contributed by atoms with Gasteiger partial charge in [-0.25, -0.2) is 5.48 Å². The van der Waals surface area contributed by atoms with Gasteiger partial charge in [0, 0.05) is 30.2 Å². The van der Waals surface area contributed by atoms with Crippen LogP contribution in [0, 0.1) is 11.8 Å². The molecule has 0 aliphatic heterocycles. The summed E-state index contributed by atoms with van der Waals surface area (Å²) in [7, 11) is 0. The minimum absolute atomic E-state index is 0.161. The monoisotopic (exact) mass is 387 g/mol. The first-order valence-electron chi connectivity index (χ1n) is 9.09. The highest BCUT2D eigenvalue weighted by molar-refractivity contribution is 5.99. The van der Waals surface area contributed by atoms with E-state index in [2.05, 4.69) is 27.6 Å². The van der Waals surface area contributed by atoms with Gasteiger partial charge in [-0.15, -0.1) is 0 Å². The number of hydrogen-bond acceptors (Lipinski definition) is 5. The number of anilines is 1. The molecule has 0 aliphatic rings. The summed E-state index contributed by atoms with van der Waals surface area (Å²) in [4.78, 5) is 22.0. The molecule has 3 aromatic rings. The molecule has 6 nitrogen and oxygen atoms in total. The quantitative estimate of drug-likeness (QED) is 0.429. The average molecular weight is 387 g/mol. The van der Waals surface area contributed by atoms with Crippen LogP contribution in [0.15, 0.2) is 73.1 Å². The zero-order chi connectivity index (χ0) is 20.3. The lowest BCUT2D eigenvalue weighted by molar-refractivity contribution is 0.0233. The standard InChI is InChI=1S/C23H21N3O3/c27-15-5-8-19-6-1-2-7-20(19)17-29-26-23(28)21-9-3-4-10-22(21)25-16-18-11-13-24-14-12-18/h1-4,6-7,9-14,25,27H,15-17H2,(H,26,28). The zero-order valence-electron chi connectivity index (χ0n) is 15.8. The molecule has 1 amide bonds. The Kier molecular flexibility index (Phi) is 7.35. The number of nitrogens with zero attached hydrogens (tertiary/aromatic N) is 1. The topological polar surface area (TPSA) is 83.5 Å². The number of aromatic nitrogens is 1. The van der Waals surface area contributed by atoms with Crippen LogP contribution in [0.3, 0.4) is 0 Å². The summed E-state index contributed by atoms with van der Waals surface area (Å²) in [6.07, 6.45) is 3.46. The second kappa shape index (κ2) is 10.6. The Balaban J connectivity index is 1.60. The van der Waals surface area contributed by atoms with Crippen molar-refractivity contribution in [1.29, 1.82) is 0 Å². The first-order chi connectivity index (χ1) is 14.3. The maximum atomic E-state index is 12.6. The number of hydroxylamine groups is 1. The van der Waals surface area contributed by atoms with E-state index in [0.717, 1.165) is 16.7 Å². The molecule has 146 valence electrons. The molecule has 0 atom stereocenters. The molecule has 1 aromatic heterocycles. The number of aliphatic hydroxyl groups is 1. The molecule has 0 aliphatic carbocycles. The smallest absolute Gasteiger partial charge is 0.276 e. The van der Waals surface area contributed by atoms with Crippen LogP contribution in [0.25, 0.3) is 0 Å². The number of benzene rings is 2. The highest BCUT2D eigenvalue weighted by Gasteiger charge is 2.11. The predicted molar refractivity (Wildman–Crippen MR) is 111 cm³/mol. The van der Waals surface area contributed by atoms with Gasteiger partial charge in [0.15, 0.2) is 0 Å². The Morgan fingerprint density at radius 3 is 2.62 bits per heavy atom. The number of nitrogens with one attached hydrogen (secondary N) is 2. The predicted octanol–water partition coefficient (Wildman–Crippen LogP) is 2.90. The van der Waals surface area contributed by atoms with Gasteiger partial charge in [-0.3, -0.25) is 14.6 Å². The first-order valence-corrected chi connectivity index (χ1v) is 9.09. The fourth-order valence-corrected chi connectivity index (χ4v) is 2.67. The normalized spacial score (nSPS) is 9.97. The summed E-state index contributed by atoms with van der Waals surface area (Å²) >= 11 is 0. The largest absolute Gasteiger partial charge is 0.384 e. The lowest BCUT2D eigenvalue weighted by Crippen LogP contribution is -2.24. The summed E-state index contributed by atoms with van der Waals surface area (Å²) in [6.45, 7) is 0.522. The summed E-state index contributed by atoms with van der Waals surface area (Å²) in [5.74, 6) is 5.14. The molecular weight excluding hydrogens is 366 g/mol. The lowest BCUT2D eigenvalue weighted by atomic mass is 10.1. The Morgan fingerprint density at radius 2 is 1.79 bits per heavy atom. The van der Waals surface area contributed by atoms with E-state index in [4.69, 9.17) is 9.94 Å². The van der Waals surface area contributed by atoms with Crippen LogP contribution in [0.5, 0.6) is 0 Å². The Morgan fingerprint density at radius 1 is 1.03 bits per heavy atom. The van der Waals surface area contributed by atoms with E-state index in [1.807, 2.05) is 48.5 Å². The van der Waals surface area contributed by atoms with E-state index in [0.29, 0.717) is 17.8 Å². The molecule has 0 fully saturated rings. The van der Waals surface area contributed by atoms with Crippen molar-refractivity contribution in [2.75, 3.05) is 11.9 Å². The lowest BCUT2D eigenvalue weighted by Gasteiger charge is -2.12. The van der Waals surface area contributed by atoms with Gasteiger partial charge >= 0.3 is 0 Å². The van der Waals surface area contributed by atoms with Crippen LogP contribution in [0.1, 0.15) is 27.0 Å². The van der Waals surface area contributed by atoms with Crippen molar-refractivity contribution in [3.8, 4) is 11.8 Å². The molecule has 3 N–H and O–H groups in total. The SMILES string of the molecule is O=C(NOCc1ccccc1C#CCO)c1ccccc1NCc1ccncc1. The van der Waals surface area contributed by atoms with Gasteiger partial charge in [0.1, 0.15) is 13.2 Å². The van der Waals surface area contributed by atoms with E-state index >= 15 is 0 Å². The molecule has 29 heavy (non-hydrogen) atoms. The number of rotatable bonds is 7. The van der Waals surface area contributed by atoms with E-state index in [1.54, 1.807) is 24.5 Å². The van der Waals surface area contributed by atoms with Crippen LogP contribution in [0.2, 0.25) is 0 Å². The molecule has 3 rings (SSSR count). The van der Waals surface area contributed by atoms with Gasteiger partial charge in [0.25, 0.3) is 5.91 Å². The number of amides is 1. The van der Waals surface area contributed by atoms with Crippen molar-refractivity contribution in [3.05, 3.63) is 95.3 Å². The second-order valence-electron chi connectivity index (χ2n) is 6.09. The summed E-state index contributed by atoms with van der Waals surface area (Å²) in [6, 6.07) is 18.5. The van der Waals surface area contributed by atoms with Gasteiger partial charge < -0.3 is 10.4 Å². The number of pyridine rings is 1. The molecule has 1 heterocycles. The van der Waals surface area contributed by atoms with E-state index in [9.17, 15) is 4.79 Å². The van der Waals surface area contributed by atoms with E-state index in [1.165, 1.54) is 0 Å². The van der Waals surface area contributed by atoms with Gasteiger partial charge in [-0.1, -0.05) is 42.2 Å². The van der Waals surface area contributed by atoms with Crippen molar-refractivity contribution >= 4 is 11.6 Å². The molecule has 2 aromatic carbocycles. The van der Waals surface area contributed by atoms with Crippen LogP contribution >= 0.6 is 0 Å². The van der Waals surface area contributed by atoms with Crippen LogP contribution in [0.4, 0.5) is 5.69 Å². The Labute approximate surface area is 169 Å². The summed E-state index contributed by atoms with van der Waals surface area (Å²) < 4.78 is 0. The number of carbonyl (C=O) groups excluding carboxylic acids is 1. The van der Waals surface area contributed by atoms with Gasteiger partial charge in [-0.05, 0) is 41.5 Å². The van der Waals surface area contributed by atoms with Crippen LogP contribution < -0.4 is 10.8 Å². The highest BCUT2D eigenvalue weighted by atomic mass is 16.6. The molecular formula is C23H21N3O3. The average Bonchev–Trinajstić information content (AvgIpc) is 2.78. The van der Waals surface area contributed by atoms with Crippen molar-refractivity contribution in [2.24, 2.45) is 0 Å². The van der Waals surface area contributed by atoms with Gasteiger partial charge in [0.05, 0.1) is 5.56 Å². The molecule has 0 unspecified atom stereocenters. The van der Waals surface area contributed by atoms with Gasteiger partial charge in [-0.2, -0.15) is 0 Å². The number of hydrogen-bond donors (Lipinski definition) is 3. The number of para-hydroxylation sites is 1.